The van der Waals surface area contributed by atoms with Crippen LogP contribution in [0.25, 0.3) is 0 Å². The van der Waals surface area contributed by atoms with E-state index in [2.05, 4.69) is 53.0 Å². The van der Waals surface area contributed by atoms with Crippen molar-refractivity contribution in [1.29, 1.82) is 0 Å². The highest BCUT2D eigenvalue weighted by Crippen LogP contribution is 2.61. The minimum atomic E-state index is 0.000541. The van der Waals surface area contributed by atoms with E-state index >= 15 is 0 Å². The van der Waals surface area contributed by atoms with E-state index in [0.717, 1.165) is 47.4 Å². The van der Waals surface area contributed by atoms with Gasteiger partial charge in [0.05, 0.1) is 5.75 Å². The van der Waals surface area contributed by atoms with Gasteiger partial charge in [0.15, 0.2) is 5.16 Å². The lowest BCUT2D eigenvalue weighted by Gasteiger charge is -2.56. The summed E-state index contributed by atoms with van der Waals surface area (Å²) in [4.78, 5) is 12.5. The molecule has 5 nitrogen and oxygen atoms in total. The van der Waals surface area contributed by atoms with E-state index in [1.807, 2.05) is 12.1 Å². The number of aromatic nitrogens is 3. The Morgan fingerprint density at radius 3 is 2.28 bits per heavy atom. The summed E-state index contributed by atoms with van der Waals surface area (Å²) < 4.78 is 2.24. The van der Waals surface area contributed by atoms with Gasteiger partial charge < -0.3 is 9.88 Å². The summed E-state index contributed by atoms with van der Waals surface area (Å²) in [5.41, 5.74) is 2.58. The Bertz CT molecular complexity index is 929. The Balaban J connectivity index is 1.20. The molecule has 4 saturated carbocycles. The summed E-state index contributed by atoms with van der Waals surface area (Å²) in [6.45, 7) is 7.36. The third kappa shape index (κ3) is 4.48. The van der Waals surface area contributed by atoms with Crippen LogP contribution in [0.1, 0.15) is 76.6 Å². The molecule has 2 aromatic rings. The summed E-state index contributed by atoms with van der Waals surface area (Å²) in [6.07, 6.45) is 9.62. The highest BCUT2D eigenvalue weighted by atomic mass is 32.2. The van der Waals surface area contributed by atoms with Gasteiger partial charge in [-0.15, -0.1) is 10.2 Å². The standard InChI is InChI=1S/C26H36N4OS/c1-4-30-23(15-26-12-18-9-19(13-26)11-20(10-18)14-26)28-29-25(30)32-16-24(31)27-22-7-5-21(6-8-22)17(2)3/h5-8,17-20H,4,9-16H2,1-3H3,(H,27,31). The molecule has 0 unspecified atom stereocenters. The van der Waals surface area contributed by atoms with Crippen molar-refractivity contribution in [3.8, 4) is 0 Å². The number of thioether (sulfide) groups is 1. The molecule has 172 valence electrons. The fourth-order valence-electron chi connectivity index (χ4n) is 6.99. The third-order valence-corrected chi connectivity index (χ3v) is 8.97. The second-order valence-corrected chi connectivity index (χ2v) is 11.8. The van der Waals surface area contributed by atoms with Gasteiger partial charge in [0.1, 0.15) is 5.82 Å². The second-order valence-electron chi connectivity index (χ2n) is 10.9. The zero-order valence-electron chi connectivity index (χ0n) is 19.6. The lowest BCUT2D eigenvalue weighted by Crippen LogP contribution is -2.47. The van der Waals surface area contributed by atoms with Gasteiger partial charge in [0, 0.05) is 18.7 Å². The van der Waals surface area contributed by atoms with E-state index in [-0.39, 0.29) is 5.91 Å². The van der Waals surface area contributed by atoms with Crippen molar-refractivity contribution in [2.24, 2.45) is 23.2 Å². The number of hydrogen-bond acceptors (Lipinski definition) is 4. The number of carbonyl (C=O) groups is 1. The minimum Gasteiger partial charge on any atom is -0.325 e. The van der Waals surface area contributed by atoms with Crippen LogP contribution in [-0.2, 0) is 17.8 Å². The van der Waals surface area contributed by atoms with Crippen molar-refractivity contribution >= 4 is 23.4 Å². The smallest absolute Gasteiger partial charge is 0.234 e. The van der Waals surface area contributed by atoms with E-state index in [0.29, 0.717) is 17.1 Å². The van der Waals surface area contributed by atoms with E-state index in [9.17, 15) is 4.79 Å². The zero-order chi connectivity index (χ0) is 22.3. The number of rotatable bonds is 8. The van der Waals surface area contributed by atoms with Crippen molar-refractivity contribution in [2.75, 3.05) is 11.1 Å². The number of hydrogen-bond donors (Lipinski definition) is 1. The number of nitrogens with one attached hydrogen (secondary N) is 1. The number of amides is 1. The van der Waals surface area contributed by atoms with Gasteiger partial charge >= 0.3 is 0 Å². The Hall–Kier alpha value is -1.82. The highest BCUT2D eigenvalue weighted by Gasteiger charge is 2.51. The van der Waals surface area contributed by atoms with Crippen LogP contribution in [0.4, 0.5) is 5.69 Å². The molecule has 0 aliphatic heterocycles. The maximum Gasteiger partial charge on any atom is 0.234 e. The zero-order valence-corrected chi connectivity index (χ0v) is 20.5. The first kappa shape index (κ1) is 22.0. The number of carbonyl (C=O) groups excluding carboxylic acids is 1. The molecule has 4 bridgehead atoms. The Kier molecular flexibility index (Phi) is 6.08. The third-order valence-electron chi connectivity index (χ3n) is 8.00. The largest absolute Gasteiger partial charge is 0.325 e. The van der Waals surface area contributed by atoms with Crippen LogP contribution in [0.15, 0.2) is 29.4 Å². The van der Waals surface area contributed by atoms with Crippen molar-refractivity contribution in [2.45, 2.75) is 83.3 Å². The molecule has 0 spiro atoms. The molecule has 4 fully saturated rings. The summed E-state index contributed by atoms with van der Waals surface area (Å²) in [6, 6.07) is 8.13. The van der Waals surface area contributed by atoms with Gasteiger partial charge in [-0.25, -0.2) is 0 Å². The molecule has 6 rings (SSSR count). The first-order valence-corrected chi connectivity index (χ1v) is 13.4. The molecule has 0 saturated heterocycles. The normalized spacial score (nSPS) is 28.4. The van der Waals surface area contributed by atoms with Gasteiger partial charge in [-0.05, 0) is 92.2 Å². The first-order valence-electron chi connectivity index (χ1n) is 12.4. The van der Waals surface area contributed by atoms with E-state index in [1.165, 1.54) is 55.9 Å². The SMILES string of the molecule is CCn1c(CC23CC4CC(CC(C4)C2)C3)nnc1SCC(=O)Nc1ccc(C(C)C)cc1. The van der Waals surface area contributed by atoms with Crippen molar-refractivity contribution in [3.63, 3.8) is 0 Å². The summed E-state index contributed by atoms with van der Waals surface area (Å²) in [5, 5.41) is 13.0. The van der Waals surface area contributed by atoms with Crippen LogP contribution in [0.2, 0.25) is 0 Å². The van der Waals surface area contributed by atoms with Crippen LogP contribution >= 0.6 is 11.8 Å². The van der Waals surface area contributed by atoms with E-state index in [4.69, 9.17) is 0 Å². The Morgan fingerprint density at radius 2 is 1.72 bits per heavy atom. The van der Waals surface area contributed by atoms with Crippen molar-refractivity contribution < 1.29 is 4.79 Å². The monoisotopic (exact) mass is 452 g/mol. The van der Waals surface area contributed by atoms with Crippen LogP contribution in [0, 0.1) is 23.2 Å². The topological polar surface area (TPSA) is 59.8 Å². The maximum absolute atomic E-state index is 12.5. The minimum absolute atomic E-state index is 0.000541. The molecule has 1 N–H and O–H groups in total. The summed E-state index contributed by atoms with van der Waals surface area (Å²) in [7, 11) is 0. The summed E-state index contributed by atoms with van der Waals surface area (Å²) >= 11 is 1.50. The van der Waals surface area contributed by atoms with Crippen LogP contribution < -0.4 is 5.32 Å². The summed E-state index contributed by atoms with van der Waals surface area (Å²) in [5.74, 6) is 4.82. The Labute approximate surface area is 196 Å². The van der Waals surface area contributed by atoms with E-state index < -0.39 is 0 Å². The van der Waals surface area contributed by atoms with Crippen LogP contribution in [-0.4, -0.2) is 26.4 Å². The molecule has 0 radical (unpaired) electrons. The molecule has 32 heavy (non-hydrogen) atoms. The Morgan fingerprint density at radius 1 is 1.09 bits per heavy atom. The quantitative estimate of drug-likeness (QED) is 0.506. The number of benzene rings is 1. The number of anilines is 1. The maximum atomic E-state index is 12.5. The average Bonchev–Trinajstić information content (AvgIpc) is 3.12. The fraction of sp³-hybridized carbons (Fsp3) is 0.654. The molecule has 6 heteroatoms. The van der Waals surface area contributed by atoms with Crippen LogP contribution in [0.3, 0.4) is 0 Å². The van der Waals surface area contributed by atoms with Gasteiger partial charge in [0.2, 0.25) is 5.91 Å². The lowest BCUT2D eigenvalue weighted by molar-refractivity contribution is -0.113. The van der Waals surface area contributed by atoms with Gasteiger partial charge in [0.25, 0.3) is 0 Å². The van der Waals surface area contributed by atoms with Crippen LogP contribution in [0.5, 0.6) is 0 Å². The molecular weight excluding hydrogens is 416 g/mol. The predicted molar refractivity (Wildman–Crippen MR) is 130 cm³/mol. The average molecular weight is 453 g/mol. The second kappa shape index (κ2) is 8.85. The molecule has 4 aliphatic rings. The molecule has 1 heterocycles. The molecule has 1 amide bonds. The molecule has 1 aromatic heterocycles. The predicted octanol–water partition coefficient (Wildman–Crippen LogP) is 5.91. The molecule has 1 aromatic carbocycles. The fourth-order valence-corrected chi connectivity index (χ4v) is 7.82. The van der Waals surface area contributed by atoms with E-state index in [1.54, 1.807) is 0 Å². The molecular formula is C26H36N4OS. The first-order chi connectivity index (χ1) is 15.4. The number of nitrogens with zero attached hydrogens (tertiary/aromatic N) is 3. The van der Waals surface area contributed by atoms with Crippen molar-refractivity contribution in [1.82, 2.24) is 14.8 Å². The molecule has 0 atom stereocenters. The molecule has 4 aliphatic carbocycles. The highest BCUT2D eigenvalue weighted by molar-refractivity contribution is 7.99. The van der Waals surface area contributed by atoms with Gasteiger partial charge in [-0.1, -0.05) is 37.7 Å². The van der Waals surface area contributed by atoms with Crippen molar-refractivity contribution in [3.05, 3.63) is 35.7 Å². The lowest BCUT2D eigenvalue weighted by atomic mass is 9.49. The van der Waals surface area contributed by atoms with Gasteiger partial charge in [-0.3, -0.25) is 4.79 Å². The van der Waals surface area contributed by atoms with Gasteiger partial charge in [-0.2, -0.15) is 0 Å².